The van der Waals surface area contributed by atoms with Gasteiger partial charge < -0.3 is 9.80 Å². The van der Waals surface area contributed by atoms with Crippen LogP contribution in [0.3, 0.4) is 0 Å². The molecule has 2 aliphatic rings. The molecule has 0 saturated carbocycles. The van der Waals surface area contributed by atoms with Crippen molar-refractivity contribution in [2.24, 2.45) is 4.99 Å². The number of H-pyrrole nitrogens is 2. The topological polar surface area (TPSA) is 80.4 Å². The van der Waals surface area contributed by atoms with E-state index in [1.165, 1.54) is 5.56 Å². The highest BCUT2D eigenvalue weighted by Crippen LogP contribution is 2.25. The summed E-state index contributed by atoms with van der Waals surface area (Å²) < 4.78 is 0. The minimum absolute atomic E-state index is 0.231. The first-order valence-electron chi connectivity index (χ1n) is 8.52. The molecule has 0 bridgehead atoms. The van der Waals surface area contributed by atoms with Crippen molar-refractivity contribution in [2.45, 2.75) is 25.3 Å². The van der Waals surface area contributed by atoms with Gasteiger partial charge in [0.1, 0.15) is 5.82 Å². The van der Waals surface area contributed by atoms with Gasteiger partial charge in [0.25, 0.3) is 0 Å². The second-order valence-corrected chi connectivity index (χ2v) is 6.44. The molecule has 0 spiro atoms. The van der Waals surface area contributed by atoms with Crippen LogP contribution in [0.25, 0.3) is 0 Å². The second-order valence-electron chi connectivity index (χ2n) is 6.44. The molecular formula is C17H22N6O. The first-order valence-corrected chi connectivity index (χ1v) is 8.52. The molecule has 1 fully saturated rings. The maximum absolute atomic E-state index is 11.3. The van der Waals surface area contributed by atoms with Crippen molar-refractivity contribution in [3.05, 3.63) is 52.2 Å². The number of aromatic nitrogens is 3. The zero-order valence-electron chi connectivity index (χ0n) is 13.6. The Morgan fingerprint density at radius 3 is 2.88 bits per heavy atom. The van der Waals surface area contributed by atoms with Crippen molar-refractivity contribution >= 4 is 5.96 Å². The van der Waals surface area contributed by atoms with Crippen LogP contribution in [0.1, 0.15) is 30.1 Å². The van der Waals surface area contributed by atoms with Gasteiger partial charge in [-0.3, -0.25) is 9.98 Å². The Morgan fingerprint density at radius 1 is 1.21 bits per heavy atom. The van der Waals surface area contributed by atoms with Crippen molar-refractivity contribution < 1.29 is 0 Å². The lowest BCUT2D eigenvalue weighted by Gasteiger charge is -2.36. The van der Waals surface area contributed by atoms with Crippen LogP contribution in [0, 0.1) is 0 Å². The minimum Gasteiger partial charge on any atom is -0.342 e. The molecular weight excluding hydrogens is 304 g/mol. The van der Waals surface area contributed by atoms with Gasteiger partial charge in [0, 0.05) is 32.1 Å². The van der Waals surface area contributed by atoms with Gasteiger partial charge in [-0.05, 0) is 18.4 Å². The largest absolute Gasteiger partial charge is 0.342 e. The molecule has 0 amide bonds. The number of nitrogens with zero attached hydrogens (tertiary/aromatic N) is 4. The Kier molecular flexibility index (Phi) is 4.06. The summed E-state index contributed by atoms with van der Waals surface area (Å²) in [5, 5.41) is 6.59. The first kappa shape index (κ1) is 15.0. The lowest BCUT2D eigenvalue weighted by atomic mass is 9.97. The normalized spacial score (nSPS) is 21.2. The highest BCUT2D eigenvalue weighted by atomic mass is 16.1. The molecule has 7 heteroatoms. The molecule has 1 aromatic heterocycles. The number of piperidine rings is 1. The van der Waals surface area contributed by atoms with Crippen LogP contribution in [0.4, 0.5) is 0 Å². The maximum atomic E-state index is 11.3. The fourth-order valence-electron chi connectivity index (χ4n) is 3.58. The predicted molar refractivity (Wildman–Crippen MR) is 91.9 cm³/mol. The van der Waals surface area contributed by atoms with E-state index in [0.717, 1.165) is 57.3 Å². The third kappa shape index (κ3) is 3.06. The maximum Gasteiger partial charge on any atom is 0.340 e. The molecule has 1 atom stereocenters. The molecule has 4 rings (SSSR count). The predicted octanol–water partition coefficient (Wildman–Crippen LogP) is 1.15. The van der Waals surface area contributed by atoms with Gasteiger partial charge >= 0.3 is 5.69 Å². The third-order valence-corrected chi connectivity index (χ3v) is 4.73. The van der Waals surface area contributed by atoms with Gasteiger partial charge in [-0.1, -0.05) is 30.3 Å². The van der Waals surface area contributed by atoms with Crippen LogP contribution >= 0.6 is 0 Å². The summed E-state index contributed by atoms with van der Waals surface area (Å²) in [6.07, 6.45) is 2.13. The Labute approximate surface area is 140 Å². The summed E-state index contributed by atoms with van der Waals surface area (Å²) in [5.41, 5.74) is 1.07. The SMILES string of the molecule is O=c1[nH]nc(C2CCCN(C3=NCCN3Cc3ccccc3)C2)[nH]1. The number of nitrogens with one attached hydrogen (secondary N) is 2. The zero-order chi connectivity index (χ0) is 16.4. The molecule has 7 nitrogen and oxygen atoms in total. The van der Waals surface area contributed by atoms with Crippen LogP contribution in [-0.2, 0) is 6.54 Å². The quantitative estimate of drug-likeness (QED) is 0.887. The molecule has 3 heterocycles. The van der Waals surface area contributed by atoms with Crippen molar-refractivity contribution in [1.29, 1.82) is 0 Å². The van der Waals surface area contributed by atoms with Crippen LogP contribution in [-0.4, -0.2) is 57.1 Å². The van der Waals surface area contributed by atoms with Gasteiger partial charge in [-0.2, -0.15) is 5.10 Å². The number of hydrogen-bond acceptors (Lipinski definition) is 5. The summed E-state index contributed by atoms with van der Waals surface area (Å²) in [5.74, 6) is 2.10. The third-order valence-electron chi connectivity index (χ3n) is 4.73. The van der Waals surface area contributed by atoms with Gasteiger partial charge in [-0.15, -0.1) is 0 Å². The van der Waals surface area contributed by atoms with E-state index in [2.05, 4.69) is 49.2 Å². The van der Waals surface area contributed by atoms with Crippen molar-refractivity contribution in [1.82, 2.24) is 25.0 Å². The van der Waals surface area contributed by atoms with Crippen molar-refractivity contribution in [3.8, 4) is 0 Å². The van der Waals surface area contributed by atoms with Crippen molar-refractivity contribution in [2.75, 3.05) is 26.2 Å². The lowest BCUT2D eigenvalue weighted by Crippen LogP contribution is -2.46. The van der Waals surface area contributed by atoms with E-state index >= 15 is 0 Å². The summed E-state index contributed by atoms with van der Waals surface area (Å²) in [6.45, 7) is 4.56. The van der Waals surface area contributed by atoms with E-state index in [1.807, 2.05) is 6.07 Å². The van der Waals surface area contributed by atoms with Gasteiger partial charge in [0.15, 0.2) is 5.96 Å². The molecule has 2 N–H and O–H groups in total. The number of likely N-dealkylation sites (tertiary alicyclic amines) is 1. The smallest absolute Gasteiger partial charge is 0.340 e. The average molecular weight is 326 g/mol. The van der Waals surface area contributed by atoms with Crippen LogP contribution < -0.4 is 5.69 Å². The summed E-state index contributed by atoms with van der Waals surface area (Å²) in [4.78, 5) is 23.5. The molecule has 126 valence electrons. The Balaban J connectivity index is 1.46. The summed E-state index contributed by atoms with van der Waals surface area (Å²) in [7, 11) is 0. The van der Waals surface area contributed by atoms with E-state index < -0.39 is 0 Å². The van der Waals surface area contributed by atoms with E-state index in [1.54, 1.807) is 0 Å². The fraction of sp³-hybridized carbons (Fsp3) is 0.471. The fourth-order valence-corrected chi connectivity index (χ4v) is 3.58. The number of benzene rings is 1. The van der Waals surface area contributed by atoms with Crippen LogP contribution in [0.15, 0.2) is 40.1 Å². The highest BCUT2D eigenvalue weighted by Gasteiger charge is 2.29. The van der Waals surface area contributed by atoms with E-state index in [0.29, 0.717) is 0 Å². The monoisotopic (exact) mass is 326 g/mol. The van der Waals surface area contributed by atoms with E-state index in [9.17, 15) is 4.79 Å². The number of rotatable bonds is 3. The summed E-state index contributed by atoms with van der Waals surface area (Å²) >= 11 is 0. The molecule has 1 unspecified atom stereocenters. The van der Waals surface area contributed by atoms with Crippen LogP contribution in [0.2, 0.25) is 0 Å². The zero-order valence-corrected chi connectivity index (χ0v) is 13.6. The molecule has 1 aromatic carbocycles. The van der Waals surface area contributed by atoms with Crippen LogP contribution in [0.5, 0.6) is 0 Å². The lowest BCUT2D eigenvalue weighted by molar-refractivity contribution is 0.266. The Hall–Kier alpha value is -2.57. The van der Waals surface area contributed by atoms with Gasteiger partial charge in [-0.25, -0.2) is 9.89 Å². The van der Waals surface area contributed by atoms with Crippen molar-refractivity contribution in [3.63, 3.8) is 0 Å². The standard InChI is InChI=1S/C17H22N6O/c24-16-19-15(20-21-16)14-7-4-9-22(12-14)17-18-8-10-23(17)11-13-5-2-1-3-6-13/h1-3,5-6,14H,4,7-12H2,(H2,19,20,21,24). The molecule has 0 radical (unpaired) electrons. The first-order chi connectivity index (χ1) is 11.8. The molecule has 2 aromatic rings. The molecule has 24 heavy (non-hydrogen) atoms. The Bertz CT molecular complexity index is 765. The number of hydrogen-bond donors (Lipinski definition) is 2. The molecule has 1 saturated heterocycles. The number of guanidine groups is 1. The Morgan fingerprint density at radius 2 is 2.08 bits per heavy atom. The number of aromatic amines is 2. The minimum atomic E-state index is -0.231. The number of aliphatic imine (C=N–C) groups is 1. The van der Waals surface area contributed by atoms with Gasteiger partial charge in [0.05, 0.1) is 6.54 Å². The van der Waals surface area contributed by atoms with Gasteiger partial charge in [0.2, 0.25) is 0 Å². The summed E-state index contributed by atoms with van der Waals surface area (Å²) in [6, 6.07) is 10.5. The second kappa shape index (κ2) is 6.51. The van der Waals surface area contributed by atoms with E-state index in [4.69, 9.17) is 4.99 Å². The molecule has 2 aliphatic heterocycles. The highest BCUT2D eigenvalue weighted by molar-refractivity contribution is 5.81. The molecule has 0 aliphatic carbocycles. The average Bonchev–Trinajstić information content (AvgIpc) is 3.25. The van der Waals surface area contributed by atoms with E-state index in [-0.39, 0.29) is 11.6 Å².